The first kappa shape index (κ1) is 15.2. The van der Waals surface area contributed by atoms with E-state index in [0.717, 1.165) is 19.3 Å². The zero-order chi connectivity index (χ0) is 12.6. The van der Waals surface area contributed by atoms with E-state index in [0.29, 0.717) is 0 Å². The summed E-state index contributed by atoms with van der Waals surface area (Å²) in [6.45, 7) is 3.71. The number of hydrogen-bond acceptors (Lipinski definition) is 0. The monoisotopic (exact) mass is 224 g/mol. The maximum atomic E-state index is 4.96. The standard InChI is InChI=1S/C17H20/c1-3-5-7-9-11-13-15-17-16-14-12-10-8-6-4-2/h1,4,15,17H,2,6,8,10,12-14,16H2. The third-order valence-electron chi connectivity index (χ3n) is 2.20. The molecule has 0 unspecified atom stereocenters. The zero-order valence-corrected chi connectivity index (χ0v) is 10.5. The minimum absolute atomic E-state index is 0.760. The van der Waals surface area contributed by atoms with E-state index in [4.69, 9.17) is 6.42 Å². The van der Waals surface area contributed by atoms with Crippen molar-refractivity contribution in [2.45, 2.75) is 44.9 Å². The number of unbranched alkanes of at least 4 members (excludes halogenated alkanes) is 5. The highest BCUT2D eigenvalue weighted by Crippen LogP contribution is 2.06. The van der Waals surface area contributed by atoms with Gasteiger partial charge in [0.05, 0.1) is 0 Å². The third-order valence-corrected chi connectivity index (χ3v) is 2.20. The predicted molar refractivity (Wildman–Crippen MR) is 76.0 cm³/mol. The first-order valence-corrected chi connectivity index (χ1v) is 6.11. The Kier molecular flexibility index (Phi) is 12.6. The van der Waals surface area contributed by atoms with Crippen molar-refractivity contribution in [2.24, 2.45) is 0 Å². The van der Waals surface area contributed by atoms with Crippen molar-refractivity contribution >= 4 is 0 Å². The van der Waals surface area contributed by atoms with Crippen molar-refractivity contribution in [1.29, 1.82) is 0 Å². The molecule has 0 heterocycles. The minimum Gasteiger partial charge on any atom is -0.106 e. The number of rotatable bonds is 8. The number of terminal acetylenes is 1. The van der Waals surface area contributed by atoms with Gasteiger partial charge in [-0.15, -0.1) is 13.0 Å². The van der Waals surface area contributed by atoms with Crippen LogP contribution in [0, 0.1) is 36.0 Å². The molecule has 0 radical (unpaired) electrons. The first-order chi connectivity index (χ1) is 8.41. The molecule has 0 saturated heterocycles. The first-order valence-electron chi connectivity index (χ1n) is 6.11. The van der Waals surface area contributed by atoms with Crippen LogP contribution in [0.3, 0.4) is 0 Å². The summed E-state index contributed by atoms with van der Waals surface area (Å²) in [7, 11) is 0. The molecule has 88 valence electrons. The number of hydrogen-bond donors (Lipinski definition) is 0. The highest BCUT2D eigenvalue weighted by atomic mass is 13.9. The van der Waals surface area contributed by atoms with Gasteiger partial charge in [-0.2, -0.15) is 0 Å². The molecule has 0 bridgehead atoms. The Labute approximate surface area is 106 Å². The highest BCUT2D eigenvalue weighted by Gasteiger charge is 1.86. The SMILES string of the molecule is C#CC#CC#CCC=CCCCCCCC=C. The Morgan fingerprint density at radius 3 is 2.35 bits per heavy atom. The fourth-order valence-corrected chi connectivity index (χ4v) is 1.33. The van der Waals surface area contributed by atoms with Crippen LogP contribution >= 0.6 is 0 Å². The summed E-state index contributed by atoms with van der Waals surface area (Å²) in [6.07, 6.45) is 19.4. The van der Waals surface area contributed by atoms with E-state index in [1.807, 2.05) is 6.08 Å². The molecule has 0 aromatic rings. The Balaban J connectivity index is 3.33. The van der Waals surface area contributed by atoms with Crippen LogP contribution in [0.5, 0.6) is 0 Å². The number of allylic oxidation sites excluding steroid dienone is 3. The lowest BCUT2D eigenvalue weighted by Crippen LogP contribution is -1.76. The van der Waals surface area contributed by atoms with E-state index in [-0.39, 0.29) is 0 Å². The zero-order valence-electron chi connectivity index (χ0n) is 10.5. The van der Waals surface area contributed by atoms with Gasteiger partial charge in [-0.3, -0.25) is 0 Å². The lowest BCUT2D eigenvalue weighted by atomic mass is 10.1. The van der Waals surface area contributed by atoms with E-state index in [9.17, 15) is 0 Å². The largest absolute Gasteiger partial charge is 0.106 e. The summed E-state index contributed by atoms with van der Waals surface area (Å²) in [5.41, 5.74) is 0. The van der Waals surface area contributed by atoms with Gasteiger partial charge < -0.3 is 0 Å². The summed E-state index contributed by atoms with van der Waals surface area (Å²) in [4.78, 5) is 0. The molecular weight excluding hydrogens is 204 g/mol. The van der Waals surface area contributed by atoms with Gasteiger partial charge in [0.15, 0.2) is 0 Å². The predicted octanol–water partition coefficient (Wildman–Crippen LogP) is 4.10. The molecule has 0 fully saturated rings. The Hall–Kier alpha value is -1.84. The van der Waals surface area contributed by atoms with Crippen LogP contribution in [-0.2, 0) is 0 Å². The van der Waals surface area contributed by atoms with Crippen molar-refractivity contribution in [3.8, 4) is 36.0 Å². The van der Waals surface area contributed by atoms with Gasteiger partial charge >= 0.3 is 0 Å². The molecule has 0 saturated carbocycles. The maximum absolute atomic E-state index is 4.96. The van der Waals surface area contributed by atoms with E-state index in [2.05, 4.69) is 48.3 Å². The fourth-order valence-electron chi connectivity index (χ4n) is 1.33. The van der Waals surface area contributed by atoms with Gasteiger partial charge in [0.1, 0.15) is 0 Å². The molecular formula is C17H20. The van der Waals surface area contributed by atoms with Crippen LogP contribution in [0.4, 0.5) is 0 Å². The minimum atomic E-state index is 0.760. The Morgan fingerprint density at radius 1 is 0.882 bits per heavy atom. The topological polar surface area (TPSA) is 0 Å². The molecule has 0 rings (SSSR count). The molecule has 0 heteroatoms. The molecule has 0 aliphatic heterocycles. The van der Waals surface area contributed by atoms with Crippen molar-refractivity contribution in [3.63, 3.8) is 0 Å². The summed E-state index contributed by atoms with van der Waals surface area (Å²) in [6, 6.07) is 0. The van der Waals surface area contributed by atoms with Gasteiger partial charge in [-0.05, 0) is 49.4 Å². The van der Waals surface area contributed by atoms with Crippen LogP contribution in [0.2, 0.25) is 0 Å². The Morgan fingerprint density at radius 2 is 1.65 bits per heavy atom. The van der Waals surface area contributed by atoms with Gasteiger partial charge in [0, 0.05) is 6.42 Å². The maximum Gasteiger partial charge on any atom is 0.0279 e. The Bertz CT molecular complexity index is 368. The summed E-state index contributed by atoms with van der Waals surface area (Å²) in [5.74, 6) is 12.9. The van der Waals surface area contributed by atoms with Gasteiger partial charge in [-0.1, -0.05) is 37.0 Å². The van der Waals surface area contributed by atoms with E-state index >= 15 is 0 Å². The molecule has 0 nitrogen and oxygen atoms in total. The van der Waals surface area contributed by atoms with Crippen LogP contribution in [0.25, 0.3) is 0 Å². The average molecular weight is 224 g/mol. The van der Waals surface area contributed by atoms with E-state index in [1.165, 1.54) is 25.7 Å². The molecule has 0 aliphatic rings. The van der Waals surface area contributed by atoms with Crippen LogP contribution in [-0.4, -0.2) is 0 Å². The van der Waals surface area contributed by atoms with Crippen molar-refractivity contribution in [3.05, 3.63) is 24.8 Å². The smallest absolute Gasteiger partial charge is 0.0279 e. The molecule has 0 aliphatic carbocycles. The van der Waals surface area contributed by atoms with Crippen LogP contribution in [0.15, 0.2) is 24.8 Å². The van der Waals surface area contributed by atoms with Gasteiger partial charge in [-0.25, -0.2) is 0 Å². The van der Waals surface area contributed by atoms with E-state index in [1.54, 1.807) is 0 Å². The lowest BCUT2D eigenvalue weighted by molar-refractivity contribution is 0.652. The van der Waals surface area contributed by atoms with Crippen molar-refractivity contribution < 1.29 is 0 Å². The van der Waals surface area contributed by atoms with E-state index < -0.39 is 0 Å². The normalized spacial score (nSPS) is 8.65. The van der Waals surface area contributed by atoms with Crippen molar-refractivity contribution in [1.82, 2.24) is 0 Å². The van der Waals surface area contributed by atoms with Gasteiger partial charge in [0.25, 0.3) is 0 Å². The second-order valence-corrected chi connectivity index (χ2v) is 3.65. The second kappa shape index (κ2) is 14.2. The second-order valence-electron chi connectivity index (χ2n) is 3.65. The third kappa shape index (κ3) is 14.2. The summed E-state index contributed by atoms with van der Waals surface area (Å²) < 4.78 is 0. The van der Waals surface area contributed by atoms with Gasteiger partial charge in [0.2, 0.25) is 0 Å². The molecule has 0 atom stereocenters. The average Bonchev–Trinajstić information content (AvgIpc) is 2.35. The van der Waals surface area contributed by atoms with Crippen LogP contribution in [0.1, 0.15) is 44.9 Å². The molecule has 0 aromatic carbocycles. The molecule has 0 amide bonds. The van der Waals surface area contributed by atoms with Crippen molar-refractivity contribution in [2.75, 3.05) is 0 Å². The quantitative estimate of drug-likeness (QED) is 0.331. The molecule has 0 aromatic heterocycles. The van der Waals surface area contributed by atoms with Crippen LogP contribution < -0.4 is 0 Å². The summed E-state index contributed by atoms with van der Waals surface area (Å²) >= 11 is 0. The molecule has 17 heavy (non-hydrogen) atoms. The summed E-state index contributed by atoms with van der Waals surface area (Å²) in [5, 5.41) is 0. The highest BCUT2D eigenvalue weighted by molar-refractivity contribution is 5.34. The molecule has 0 spiro atoms. The molecule has 0 N–H and O–H groups in total. The fraction of sp³-hybridized carbons (Fsp3) is 0.412. The lowest BCUT2D eigenvalue weighted by Gasteiger charge is -1.95.